The molecule has 2 saturated carbocycles. The van der Waals surface area contributed by atoms with Crippen molar-refractivity contribution in [2.45, 2.75) is 63.3 Å². The minimum absolute atomic E-state index is 0.121. The van der Waals surface area contributed by atoms with Crippen molar-refractivity contribution in [1.82, 2.24) is 19.2 Å². The Morgan fingerprint density at radius 3 is 2.45 bits per heavy atom. The number of benzene rings is 1. The van der Waals surface area contributed by atoms with Crippen molar-refractivity contribution in [2.24, 2.45) is 5.92 Å². The molecule has 2 aliphatic carbocycles. The normalized spacial score (nSPS) is 21.8. The van der Waals surface area contributed by atoms with E-state index in [4.69, 9.17) is 0 Å². The first-order valence-electron chi connectivity index (χ1n) is 11.6. The maximum atomic E-state index is 14.2. The van der Waals surface area contributed by atoms with Crippen molar-refractivity contribution in [3.63, 3.8) is 0 Å². The van der Waals surface area contributed by atoms with E-state index >= 15 is 0 Å². The lowest BCUT2D eigenvalue weighted by Crippen LogP contribution is -2.20. The Morgan fingerprint density at radius 1 is 0.939 bits per heavy atom. The van der Waals surface area contributed by atoms with Crippen LogP contribution in [0.15, 0.2) is 42.7 Å². The Balaban J connectivity index is 1.42. The van der Waals surface area contributed by atoms with Crippen LogP contribution in [0, 0.1) is 5.92 Å². The number of hydrogen-bond acceptors (Lipinski definition) is 3. The van der Waals surface area contributed by atoms with Gasteiger partial charge in [-0.15, -0.1) is 10.2 Å². The molecule has 0 saturated heterocycles. The van der Waals surface area contributed by atoms with Gasteiger partial charge in [-0.25, -0.2) is 0 Å². The van der Waals surface area contributed by atoms with Crippen LogP contribution in [0.25, 0.3) is 27.7 Å². The van der Waals surface area contributed by atoms with Gasteiger partial charge in [0.15, 0.2) is 5.65 Å². The standard InChI is InChI=1S/C25H25F3N4O/c26-25(27,28)23-20(10-12-32-22(13-15-1-2-15)29-30-24(23)32)16-3-8-21-17(14-16)9-11-31(21)18-4-6-19(33)7-5-18/h3,8-12,14-15,18-19,33H,1-2,4-7,13H2. The second-order valence-corrected chi connectivity index (χ2v) is 9.52. The van der Waals surface area contributed by atoms with E-state index < -0.39 is 11.7 Å². The number of pyridine rings is 1. The van der Waals surface area contributed by atoms with Crippen LogP contribution in [0.2, 0.25) is 0 Å². The summed E-state index contributed by atoms with van der Waals surface area (Å²) in [5, 5.41) is 18.7. The summed E-state index contributed by atoms with van der Waals surface area (Å²) in [6, 6.07) is 9.30. The minimum Gasteiger partial charge on any atom is -0.393 e. The molecule has 0 amide bonds. The number of aliphatic hydroxyl groups is 1. The van der Waals surface area contributed by atoms with E-state index in [0.29, 0.717) is 29.8 Å². The van der Waals surface area contributed by atoms with Crippen molar-refractivity contribution < 1.29 is 18.3 Å². The van der Waals surface area contributed by atoms with Crippen molar-refractivity contribution in [3.05, 3.63) is 54.1 Å². The lowest BCUT2D eigenvalue weighted by Gasteiger charge is -2.27. The quantitative estimate of drug-likeness (QED) is 0.424. The molecule has 0 atom stereocenters. The Hall–Kier alpha value is -2.87. The Kier molecular flexibility index (Phi) is 4.76. The number of nitrogens with zero attached hydrogens (tertiary/aromatic N) is 4. The molecule has 2 aliphatic rings. The highest BCUT2D eigenvalue weighted by Gasteiger charge is 2.38. The molecule has 6 rings (SSSR count). The first-order valence-corrected chi connectivity index (χ1v) is 11.6. The third kappa shape index (κ3) is 3.70. The smallest absolute Gasteiger partial charge is 0.393 e. The summed E-state index contributed by atoms with van der Waals surface area (Å²) in [6.07, 6.45) is 5.11. The molecule has 8 heteroatoms. The first-order chi connectivity index (χ1) is 15.9. The van der Waals surface area contributed by atoms with Gasteiger partial charge in [-0.2, -0.15) is 13.2 Å². The molecule has 0 spiro atoms. The number of alkyl halides is 3. The van der Waals surface area contributed by atoms with Crippen molar-refractivity contribution >= 4 is 16.6 Å². The topological polar surface area (TPSA) is 55.4 Å². The van der Waals surface area contributed by atoms with Crippen LogP contribution >= 0.6 is 0 Å². The van der Waals surface area contributed by atoms with Gasteiger partial charge in [0.25, 0.3) is 0 Å². The fourth-order valence-corrected chi connectivity index (χ4v) is 5.23. The van der Waals surface area contributed by atoms with Crippen molar-refractivity contribution in [2.75, 3.05) is 0 Å². The summed E-state index contributed by atoms with van der Waals surface area (Å²) in [4.78, 5) is 0. The van der Waals surface area contributed by atoms with Gasteiger partial charge in [0, 0.05) is 35.8 Å². The van der Waals surface area contributed by atoms with Gasteiger partial charge in [0.05, 0.1) is 6.10 Å². The van der Waals surface area contributed by atoms with Crippen LogP contribution in [-0.4, -0.2) is 30.4 Å². The van der Waals surface area contributed by atoms with Crippen LogP contribution in [0.4, 0.5) is 13.2 Å². The summed E-state index contributed by atoms with van der Waals surface area (Å²) in [5.74, 6) is 1.10. The van der Waals surface area contributed by atoms with E-state index in [-0.39, 0.29) is 17.3 Å². The van der Waals surface area contributed by atoms with E-state index in [1.165, 1.54) is 10.5 Å². The number of halogens is 3. The molecule has 0 unspecified atom stereocenters. The molecule has 3 heterocycles. The Labute approximate surface area is 188 Å². The van der Waals surface area contributed by atoms with Gasteiger partial charge in [-0.05, 0) is 79.8 Å². The molecule has 4 aromatic rings. The van der Waals surface area contributed by atoms with Crippen LogP contribution in [-0.2, 0) is 12.6 Å². The zero-order chi connectivity index (χ0) is 22.7. The average Bonchev–Trinajstić information content (AvgIpc) is 3.37. The summed E-state index contributed by atoms with van der Waals surface area (Å²) in [5.41, 5.74) is 0.773. The second-order valence-electron chi connectivity index (χ2n) is 9.52. The number of hydrogen-bond donors (Lipinski definition) is 1. The van der Waals surface area contributed by atoms with Gasteiger partial charge in [0.1, 0.15) is 11.4 Å². The highest BCUT2D eigenvalue weighted by Crippen LogP contribution is 2.41. The van der Waals surface area contributed by atoms with Gasteiger partial charge >= 0.3 is 6.18 Å². The molecule has 172 valence electrons. The van der Waals surface area contributed by atoms with Gasteiger partial charge in [-0.1, -0.05) is 6.07 Å². The fraction of sp³-hybridized carbons (Fsp3) is 0.440. The number of aromatic nitrogens is 4. The summed E-state index contributed by atoms with van der Waals surface area (Å²) < 4.78 is 46.4. The average molecular weight is 454 g/mol. The van der Waals surface area contributed by atoms with Crippen molar-refractivity contribution in [1.29, 1.82) is 0 Å². The van der Waals surface area contributed by atoms with Crippen molar-refractivity contribution in [3.8, 4) is 11.1 Å². The molecule has 33 heavy (non-hydrogen) atoms. The SMILES string of the molecule is OC1CCC(n2ccc3cc(-c4ccn5c(CC6CC6)nnc5c4C(F)(F)F)ccc32)CC1. The Morgan fingerprint density at radius 2 is 1.73 bits per heavy atom. The van der Waals surface area contributed by atoms with Crippen LogP contribution in [0.5, 0.6) is 0 Å². The zero-order valence-electron chi connectivity index (χ0n) is 18.1. The third-order valence-corrected chi connectivity index (χ3v) is 7.19. The minimum atomic E-state index is -4.55. The lowest BCUT2D eigenvalue weighted by atomic mass is 9.93. The second kappa shape index (κ2) is 7.58. The maximum Gasteiger partial charge on any atom is 0.420 e. The van der Waals surface area contributed by atoms with E-state index in [9.17, 15) is 18.3 Å². The fourth-order valence-electron chi connectivity index (χ4n) is 5.23. The predicted octanol–water partition coefficient (Wildman–Crippen LogP) is 5.80. The Bertz CT molecular complexity index is 1330. The first kappa shape index (κ1) is 20.7. The highest BCUT2D eigenvalue weighted by molar-refractivity contribution is 5.87. The molecule has 5 nitrogen and oxygen atoms in total. The molecule has 1 aromatic carbocycles. The largest absolute Gasteiger partial charge is 0.420 e. The molecule has 0 bridgehead atoms. The molecule has 0 radical (unpaired) electrons. The monoisotopic (exact) mass is 454 g/mol. The maximum absolute atomic E-state index is 14.2. The van der Waals surface area contributed by atoms with E-state index in [1.54, 1.807) is 12.3 Å². The lowest BCUT2D eigenvalue weighted by molar-refractivity contribution is -0.136. The highest BCUT2D eigenvalue weighted by atomic mass is 19.4. The van der Waals surface area contributed by atoms with Crippen LogP contribution < -0.4 is 0 Å². The molecule has 3 aromatic heterocycles. The van der Waals surface area contributed by atoms with E-state index in [0.717, 1.165) is 49.4 Å². The van der Waals surface area contributed by atoms with Gasteiger partial charge in [-0.3, -0.25) is 4.40 Å². The van der Waals surface area contributed by atoms with Gasteiger partial charge < -0.3 is 9.67 Å². The molecule has 2 fully saturated rings. The van der Waals surface area contributed by atoms with Gasteiger partial charge in [0.2, 0.25) is 0 Å². The molecular weight excluding hydrogens is 429 g/mol. The number of fused-ring (bicyclic) bond motifs is 2. The number of rotatable bonds is 4. The van der Waals surface area contributed by atoms with Crippen LogP contribution in [0.1, 0.15) is 56.0 Å². The summed E-state index contributed by atoms with van der Waals surface area (Å²) in [7, 11) is 0. The summed E-state index contributed by atoms with van der Waals surface area (Å²) >= 11 is 0. The third-order valence-electron chi connectivity index (χ3n) is 7.19. The van der Waals surface area contributed by atoms with Crippen LogP contribution in [0.3, 0.4) is 0 Å². The van der Waals surface area contributed by atoms with E-state index in [2.05, 4.69) is 14.8 Å². The molecular formula is C25H25F3N4O. The summed E-state index contributed by atoms with van der Waals surface area (Å²) in [6.45, 7) is 0. The predicted molar refractivity (Wildman–Crippen MR) is 119 cm³/mol. The van der Waals surface area contributed by atoms with E-state index in [1.807, 2.05) is 24.4 Å². The molecule has 1 N–H and O–H groups in total. The molecule has 0 aliphatic heterocycles. The number of aliphatic hydroxyl groups excluding tert-OH is 1. The zero-order valence-corrected chi connectivity index (χ0v) is 18.1.